The van der Waals surface area contributed by atoms with Crippen molar-refractivity contribution in [3.63, 3.8) is 0 Å². The van der Waals surface area contributed by atoms with Crippen LogP contribution < -0.4 is 16.2 Å². The van der Waals surface area contributed by atoms with Gasteiger partial charge in [0.2, 0.25) is 0 Å². The highest BCUT2D eigenvalue weighted by Gasteiger charge is 2.26. The molecule has 9 nitrogen and oxygen atoms in total. The number of hydrogen-bond acceptors (Lipinski definition) is 5. The maximum atomic E-state index is 12.7. The average molecular weight is 454 g/mol. The minimum absolute atomic E-state index is 0.125. The first-order valence-electron chi connectivity index (χ1n) is 10.9. The number of amides is 3. The van der Waals surface area contributed by atoms with Crippen LogP contribution in [0, 0.1) is 12.8 Å². The molecule has 0 unspecified atom stereocenters. The van der Waals surface area contributed by atoms with Crippen LogP contribution in [0.3, 0.4) is 0 Å². The smallest absolute Gasteiger partial charge is 0.408 e. The van der Waals surface area contributed by atoms with Crippen molar-refractivity contribution in [1.29, 1.82) is 0 Å². The number of hydrogen-bond donors (Lipinski definition) is 4. The summed E-state index contributed by atoms with van der Waals surface area (Å²) >= 11 is 0. The van der Waals surface area contributed by atoms with Gasteiger partial charge in [-0.1, -0.05) is 32.0 Å². The van der Waals surface area contributed by atoms with Crippen LogP contribution in [0.4, 0.5) is 4.79 Å². The lowest BCUT2D eigenvalue weighted by molar-refractivity contribution is -0.124. The first-order valence-corrected chi connectivity index (χ1v) is 10.9. The molecule has 1 aromatic carbocycles. The third-order valence-electron chi connectivity index (χ3n) is 4.92. The molecule has 0 aliphatic rings. The largest absolute Gasteiger partial charge is 0.444 e. The van der Waals surface area contributed by atoms with E-state index in [9.17, 15) is 14.4 Å². The van der Waals surface area contributed by atoms with E-state index in [2.05, 4.69) is 26.1 Å². The van der Waals surface area contributed by atoms with Gasteiger partial charge in [0.1, 0.15) is 17.3 Å². The van der Waals surface area contributed by atoms with E-state index in [-0.39, 0.29) is 11.6 Å². The average Bonchev–Trinajstić information content (AvgIpc) is 3.09. The monoisotopic (exact) mass is 453 g/mol. The number of hydrazine groups is 1. The van der Waals surface area contributed by atoms with Gasteiger partial charge in [-0.25, -0.2) is 9.78 Å². The number of pyridine rings is 1. The molecule has 2 heterocycles. The van der Waals surface area contributed by atoms with E-state index in [1.807, 2.05) is 45.0 Å². The maximum absolute atomic E-state index is 12.7. The fourth-order valence-corrected chi connectivity index (χ4v) is 3.54. The summed E-state index contributed by atoms with van der Waals surface area (Å²) in [6.45, 7) is 10.9. The lowest BCUT2D eigenvalue weighted by Gasteiger charge is -2.24. The number of aromatic amines is 1. The molecule has 0 radical (unpaired) electrons. The number of nitrogens with one attached hydrogen (secondary N) is 4. The highest BCUT2D eigenvalue weighted by molar-refractivity contribution is 6.10. The summed E-state index contributed by atoms with van der Waals surface area (Å²) in [6.07, 6.45) is -0.323. The van der Waals surface area contributed by atoms with E-state index in [0.717, 1.165) is 21.8 Å². The molecule has 0 aliphatic carbocycles. The molecular weight excluding hydrogens is 422 g/mol. The first-order chi connectivity index (χ1) is 15.4. The molecule has 0 bridgehead atoms. The van der Waals surface area contributed by atoms with Crippen molar-refractivity contribution in [3.8, 4) is 0 Å². The van der Waals surface area contributed by atoms with Crippen molar-refractivity contribution >= 4 is 39.7 Å². The number of fused-ring (bicyclic) bond motifs is 3. The van der Waals surface area contributed by atoms with E-state index in [0.29, 0.717) is 12.1 Å². The van der Waals surface area contributed by atoms with Crippen molar-refractivity contribution in [2.45, 2.75) is 59.6 Å². The van der Waals surface area contributed by atoms with Crippen LogP contribution in [0.5, 0.6) is 0 Å². The second-order valence-corrected chi connectivity index (χ2v) is 9.46. The summed E-state index contributed by atoms with van der Waals surface area (Å²) < 4.78 is 5.25. The zero-order chi connectivity index (χ0) is 24.3. The number of alkyl carbamates (subject to hydrolysis) is 1. The fourth-order valence-electron chi connectivity index (χ4n) is 3.54. The van der Waals surface area contributed by atoms with Crippen LogP contribution in [-0.4, -0.2) is 39.5 Å². The number of rotatable bonds is 5. The highest BCUT2D eigenvalue weighted by atomic mass is 16.6. The zero-order valence-electron chi connectivity index (χ0n) is 19.8. The Labute approximate surface area is 192 Å². The van der Waals surface area contributed by atoms with Gasteiger partial charge < -0.3 is 15.0 Å². The van der Waals surface area contributed by atoms with Crippen LogP contribution in [0.15, 0.2) is 30.3 Å². The molecule has 9 heteroatoms. The quantitative estimate of drug-likeness (QED) is 0.438. The SMILES string of the molecule is Cc1nc(C(=O)NNC(=O)[C@H](CC(C)C)NC(=O)OC(C)(C)C)cc2c1[nH]c1ccccc12. The number of aromatic nitrogens is 2. The summed E-state index contributed by atoms with van der Waals surface area (Å²) in [6, 6.07) is 8.61. The minimum atomic E-state index is -0.869. The molecular formula is C24H31N5O4. The second-order valence-electron chi connectivity index (χ2n) is 9.46. The van der Waals surface area contributed by atoms with Gasteiger partial charge in [-0.3, -0.25) is 20.4 Å². The third kappa shape index (κ3) is 6.00. The van der Waals surface area contributed by atoms with Crippen molar-refractivity contribution < 1.29 is 19.1 Å². The Morgan fingerprint density at radius 2 is 1.79 bits per heavy atom. The van der Waals surface area contributed by atoms with Gasteiger partial charge in [0, 0.05) is 16.3 Å². The molecule has 0 saturated carbocycles. The molecule has 33 heavy (non-hydrogen) atoms. The number of carbonyl (C=O) groups is 3. The molecule has 0 saturated heterocycles. The molecule has 1 atom stereocenters. The number of benzene rings is 1. The summed E-state index contributed by atoms with van der Waals surface area (Å²) in [7, 11) is 0. The van der Waals surface area contributed by atoms with Crippen molar-refractivity contribution in [3.05, 3.63) is 41.7 Å². The zero-order valence-corrected chi connectivity index (χ0v) is 19.8. The van der Waals surface area contributed by atoms with Gasteiger partial charge in [0.05, 0.1) is 11.2 Å². The topological polar surface area (TPSA) is 125 Å². The molecule has 3 aromatic rings. The van der Waals surface area contributed by atoms with Crippen LogP contribution >= 0.6 is 0 Å². The molecule has 4 N–H and O–H groups in total. The Kier molecular flexibility index (Phi) is 6.90. The number of nitrogens with zero attached hydrogens (tertiary/aromatic N) is 1. The Bertz CT molecular complexity index is 1190. The van der Waals surface area contributed by atoms with Crippen LogP contribution in [0.2, 0.25) is 0 Å². The molecule has 2 aromatic heterocycles. The number of H-pyrrole nitrogens is 1. The van der Waals surface area contributed by atoms with Gasteiger partial charge in [-0.15, -0.1) is 0 Å². The Morgan fingerprint density at radius 1 is 1.09 bits per heavy atom. The fraction of sp³-hybridized carbons (Fsp3) is 0.417. The first kappa shape index (κ1) is 24.0. The number of para-hydroxylation sites is 1. The molecule has 0 fully saturated rings. The molecule has 3 rings (SSSR count). The normalized spacial score (nSPS) is 12.6. The highest BCUT2D eigenvalue weighted by Crippen LogP contribution is 2.27. The van der Waals surface area contributed by atoms with Gasteiger partial charge in [-0.05, 0) is 52.2 Å². The predicted molar refractivity (Wildman–Crippen MR) is 127 cm³/mol. The van der Waals surface area contributed by atoms with Crippen LogP contribution in [0.1, 0.15) is 57.2 Å². The minimum Gasteiger partial charge on any atom is -0.444 e. The number of aryl methyl sites for hydroxylation is 1. The maximum Gasteiger partial charge on any atom is 0.408 e. The standard InChI is InChI=1S/C24H31N5O4/c1-13(2)11-18(27-23(32)33-24(4,5)6)21(30)28-29-22(31)19-12-16-15-9-7-8-10-17(15)26-20(16)14(3)25-19/h7-10,12-13,18,26H,11H2,1-6H3,(H,27,32)(H,28,30)(H,29,31)/t18-/m0/s1. The van der Waals surface area contributed by atoms with E-state index >= 15 is 0 Å². The van der Waals surface area contributed by atoms with Crippen LogP contribution in [0.25, 0.3) is 21.8 Å². The summed E-state index contributed by atoms with van der Waals surface area (Å²) in [5, 5.41) is 4.43. The molecule has 3 amide bonds. The van der Waals surface area contributed by atoms with Crippen molar-refractivity contribution in [2.24, 2.45) is 5.92 Å². The van der Waals surface area contributed by atoms with Gasteiger partial charge >= 0.3 is 6.09 Å². The Balaban J connectivity index is 1.72. The van der Waals surface area contributed by atoms with E-state index < -0.39 is 29.6 Å². The summed E-state index contributed by atoms with van der Waals surface area (Å²) in [5.74, 6) is -0.980. The summed E-state index contributed by atoms with van der Waals surface area (Å²) in [5.41, 5.74) is 6.76. The molecule has 0 aliphatic heterocycles. The van der Waals surface area contributed by atoms with E-state index in [4.69, 9.17) is 4.74 Å². The lowest BCUT2D eigenvalue weighted by atomic mass is 10.0. The van der Waals surface area contributed by atoms with Crippen molar-refractivity contribution in [2.75, 3.05) is 0 Å². The van der Waals surface area contributed by atoms with E-state index in [1.165, 1.54) is 0 Å². The molecule has 176 valence electrons. The third-order valence-corrected chi connectivity index (χ3v) is 4.92. The Morgan fingerprint density at radius 3 is 2.45 bits per heavy atom. The van der Waals surface area contributed by atoms with Crippen LogP contribution in [-0.2, 0) is 9.53 Å². The molecule has 0 spiro atoms. The lowest BCUT2D eigenvalue weighted by Crippen LogP contribution is -2.53. The number of ether oxygens (including phenoxy) is 1. The summed E-state index contributed by atoms with van der Waals surface area (Å²) in [4.78, 5) is 45.3. The van der Waals surface area contributed by atoms with Gasteiger partial charge in [-0.2, -0.15) is 0 Å². The van der Waals surface area contributed by atoms with E-state index in [1.54, 1.807) is 26.8 Å². The predicted octanol–water partition coefficient (Wildman–Crippen LogP) is 3.72. The van der Waals surface area contributed by atoms with Crippen molar-refractivity contribution in [1.82, 2.24) is 26.1 Å². The van der Waals surface area contributed by atoms with Gasteiger partial charge in [0.15, 0.2) is 0 Å². The second kappa shape index (κ2) is 9.48. The van der Waals surface area contributed by atoms with Gasteiger partial charge in [0.25, 0.3) is 11.8 Å². The number of carbonyl (C=O) groups excluding carboxylic acids is 3. The Hall–Kier alpha value is -3.62.